The highest BCUT2D eigenvalue weighted by Gasteiger charge is 2.52. The summed E-state index contributed by atoms with van der Waals surface area (Å²) in [5, 5.41) is 11.9. The van der Waals surface area contributed by atoms with Gasteiger partial charge in [-0.25, -0.2) is 0 Å². The van der Waals surface area contributed by atoms with Gasteiger partial charge in [-0.3, -0.25) is 0 Å². The molecule has 4 nitrogen and oxygen atoms in total. The second kappa shape index (κ2) is 3.25. The highest BCUT2D eigenvalue weighted by atomic mass is 31.0. The van der Waals surface area contributed by atoms with Crippen molar-refractivity contribution in [3.63, 3.8) is 0 Å². The van der Waals surface area contributed by atoms with Gasteiger partial charge in [0.1, 0.15) is 11.3 Å². The van der Waals surface area contributed by atoms with Crippen LogP contribution in [0.1, 0.15) is 43.2 Å². The predicted octanol–water partition coefficient (Wildman–Crippen LogP) is 2.66. The van der Waals surface area contributed by atoms with Crippen LogP contribution in [0.5, 0.6) is 0 Å². The van der Waals surface area contributed by atoms with E-state index in [9.17, 15) is 0 Å². The molecule has 1 aliphatic heterocycles. The molecule has 100 valence electrons. The molecule has 0 spiro atoms. The van der Waals surface area contributed by atoms with Crippen molar-refractivity contribution in [3.8, 4) is 0 Å². The minimum atomic E-state index is 0.580. The monoisotopic (exact) mass is 283 g/mol. The molecule has 0 saturated heterocycles. The van der Waals surface area contributed by atoms with Gasteiger partial charge in [0.2, 0.25) is 0 Å². The number of hydrogen-bond donors (Lipinski definition) is 0. The molecule has 3 fully saturated rings. The Kier molecular flexibility index (Phi) is 1.68. The first-order valence-electron chi connectivity index (χ1n) is 7.69. The fraction of sp³-hybridized carbons (Fsp3) is 0.533. The Hall–Kier alpha value is -1.41. The van der Waals surface area contributed by atoms with Crippen molar-refractivity contribution in [1.29, 1.82) is 0 Å². The summed E-state index contributed by atoms with van der Waals surface area (Å²) in [5.74, 6) is 2.38. The first-order chi connectivity index (χ1) is 9.92. The summed E-state index contributed by atoms with van der Waals surface area (Å²) < 4.78 is 4.43. The van der Waals surface area contributed by atoms with E-state index >= 15 is 0 Å². The fourth-order valence-electron chi connectivity index (χ4n) is 5.27. The Bertz CT molecular complexity index is 855. The standard InChI is InChI=1S/C15H16N4P/c1-2-10-12-8-4-6-9(7-5-8)14(12)18-15-13(10)11(3-1)20-19(15)17-16-18/h1-3,8-9,12,14,20H,4-7H2/q+1. The zero-order valence-corrected chi connectivity index (χ0v) is 12.2. The molecule has 1 aromatic carbocycles. The van der Waals surface area contributed by atoms with Crippen LogP contribution in [0.4, 0.5) is 0 Å². The van der Waals surface area contributed by atoms with Crippen molar-refractivity contribution in [2.24, 2.45) is 11.8 Å². The van der Waals surface area contributed by atoms with E-state index in [4.69, 9.17) is 0 Å². The Labute approximate surface area is 117 Å². The Morgan fingerprint density at radius 1 is 1.15 bits per heavy atom. The lowest BCUT2D eigenvalue weighted by atomic mass is 9.59. The van der Waals surface area contributed by atoms with E-state index < -0.39 is 0 Å². The van der Waals surface area contributed by atoms with E-state index in [-0.39, 0.29) is 0 Å². The molecule has 3 unspecified atom stereocenters. The first kappa shape index (κ1) is 10.3. The average molecular weight is 283 g/mol. The summed E-state index contributed by atoms with van der Waals surface area (Å²) in [6.45, 7) is 0. The molecule has 2 bridgehead atoms. The smallest absolute Gasteiger partial charge is 0.128 e. The van der Waals surface area contributed by atoms with Crippen LogP contribution in [0, 0.1) is 11.8 Å². The molecule has 3 aromatic rings. The molecule has 0 N–H and O–H groups in total. The second-order valence-corrected chi connectivity index (χ2v) is 7.92. The SMILES string of the molecule is c1cc2c3c(c1)[pH]n1nn[n+](c31)C1C3CCC(CC3)C21. The third-order valence-corrected chi connectivity index (χ3v) is 7.18. The highest BCUT2D eigenvalue weighted by Crippen LogP contribution is 2.57. The summed E-state index contributed by atoms with van der Waals surface area (Å²) in [7, 11) is 0.638. The number of benzene rings is 1. The Balaban J connectivity index is 1.81. The summed E-state index contributed by atoms with van der Waals surface area (Å²) in [4.78, 5) is 0. The zero-order valence-electron chi connectivity index (χ0n) is 11.2. The summed E-state index contributed by atoms with van der Waals surface area (Å²) >= 11 is 0. The van der Waals surface area contributed by atoms with Crippen molar-refractivity contribution in [2.45, 2.75) is 37.6 Å². The van der Waals surface area contributed by atoms with Crippen molar-refractivity contribution in [2.75, 3.05) is 0 Å². The van der Waals surface area contributed by atoms with Crippen LogP contribution in [0.15, 0.2) is 18.2 Å². The van der Waals surface area contributed by atoms with Crippen molar-refractivity contribution in [3.05, 3.63) is 23.8 Å². The number of nitrogens with zero attached hydrogens (tertiary/aromatic N) is 4. The minimum Gasteiger partial charge on any atom is -0.128 e. The van der Waals surface area contributed by atoms with Crippen LogP contribution in [0.3, 0.4) is 0 Å². The van der Waals surface area contributed by atoms with Gasteiger partial charge in [-0.1, -0.05) is 12.1 Å². The molecule has 3 aliphatic carbocycles. The maximum absolute atomic E-state index is 4.54. The normalized spacial score (nSPS) is 34.6. The lowest BCUT2D eigenvalue weighted by Crippen LogP contribution is -2.56. The van der Waals surface area contributed by atoms with Crippen LogP contribution >= 0.6 is 8.35 Å². The Morgan fingerprint density at radius 3 is 2.90 bits per heavy atom. The lowest BCUT2D eigenvalue weighted by molar-refractivity contribution is -0.770. The van der Waals surface area contributed by atoms with Gasteiger partial charge >= 0.3 is 0 Å². The number of rotatable bonds is 0. The summed E-state index contributed by atoms with van der Waals surface area (Å²) in [6, 6.07) is 7.50. The summed E-state index contributed by atoms with van der Waals surface area (Å²) in [6.07, 6.45) is 5.62. The van der Waals surface area contributed by atoms with Crippen LogP contribution < -0.4 is 4.68 Å². The number of hydrogen-bond acceptors (Lipinski definition) is 2. The van der Waals surface area contributed by atoms with Crippen molar-refractivity contribution < 1.29 is 4.68 Å². The second-order valence-electron chi connectivity index (χ2n) is 6.73. The molecular weight excluding hydrogens is 267 g/mol. The van der Waals surface area contributed by atoms with Gasteiger partial charge < -0.3 is 0 Å². The van der Waals surface area contributed by atoms with Crippen LogP contribution in [0.2, 0.25) is 0 Å². The molecule has 20 heavy (non-hydrogen) atoms. The average Bonchev–Trinajstić information content (AvgIpc) is 3.07. The fourth-order valence-corrected chi connectivity index (χ4v) is 6.45. The molecule has 3 heterocycles. The summed E-state index contributed by atoms with van der Waals surface area (Å²) in [5.41, 5.74) is 2.90. The quantitative estimate of drug-likeness (QED) is 0.594. The van der Waals surface area contributed by atoms with Gasteiger partial charge in [-0.05, 0) is 53.4 Å². The van der Waals surface area contributed by atoms with Crippen LogP contribution in [-0.4, -0.2) is 14.7 Å². The molecular formula is C15H16N4P+. The van der Waals surface area contributed by atoms with Crippen molar-refractivity contribution >= 4 is 24.5 Å². The van der Waals surface area contributed by atoms with Gasteiger partial charge in [0.15, 0.2) is 5.21 Å². The molecule has 7 rings (SSSR count). The highest BCUT2D eigenvalue weighted by molar-refractivity contribution is 7.33. The minimum absolute atomic E-state index is 0.580. The first-order valence-corrected chi connectivity index (χ1v) is 8.64. The lowest BCUT2D eigenvalue weighted by Gasteiger charge is -2.47. The number of tetrazole rings is 1. The van der Waals surface area contributed by atoms with Gasteiger partial charge in [-0.15, -0.1) is 4.68 Å². The van der Waals surface area contributed by atoms with Crippen molar-refractivity contribution in [1.82, 2.24) is 14.7 Å². The van der Waals surface area contributed by atoms with E-state index in [1.807, 2.05) is 0 Å². The number of fused-ring (bicyclic) bond motifs is 2. The largest absolute Gasteiger partial charge is 0.298 e. The van der Waals surface area contributed by atoms with E-state index in [0.717, 1.165) is 11.8 Å². The molecule has 0 radical (unpaired) electrons. The van der Waals surface area contributed by atoms with Crippen LogP contribution in [-0.2, 0) is 0 Å². The van der Waals surface area contributed by atoms with E-state index in [2.05, 4.69) is 37.6 Å². The zero-order chi connectivity index (χ0) is 12.8. The topological polar surface area (TPSA) is 34.1 Å². The van der Waals surface area contributed by atoms with Gasteiger partial charge in [0.05, 0.1) is 13.7 Å². The molecule has 4 aliphatic rings. The molecule has 3 saturated carbocycles. The van der Waals surface area contributed by atoms with Gasteiger partial charge in [0.25, 0.3) is 5.65 Å². The van der Waals surface area contributed by atoms with E-state index in [1.54, 1.807) is 5.56 Å². The number of aromatic nitrogens is 4. The van der Waals surface area contributed by atoms with Crippen LogP contribution in [0.25, 0.3) is 16.2 Å². The third-order valence-electron chi connectivity index (χ3n) is 6.01. The molecule has 0 amide bonds. The maximum Gasteiger partial charge on any atom is 0.298 e. The maximum atomic E-state index is 4.54. The van der Waals surface area contributed by atoms with Gasteiger partial charge in [0, 0.05) is 11.0 Å². The molecule has 5 heteroatoms. The molecule has 2 aromatic heterocycles. The van der Waals surface area contributed by atoms with E-state index in [1.165, 1.54) is 41.8 Å². The van der Waals surface area contributed by atoms with Gasteiger partial charge in [-0.2, -0.15) is 0 Å². The Morgan fingerprint density at radius 2 is 2.00 bits per heavy atom. The third kappa shape index (κ3) is 0.997. The molecule has 3 atom stereocenters. The van der Waals surface area contributed by atoms with E-state index in [0.29, 0.717) is 20.3 Å². The predicted molar refractivity (Wildman–Crippen MR) is 77.4 cm³/mol.